The summed E-state index contributed by atoms with van der Waals surface area (Å²) < 4.78 is 30.7. The van der Waals surface area contributed by atoms with E-state index in [1.54, 1.807) is 31.2 Å². The number of hydrogen-bond acceptors (Lipinski definition) is 4. The second-order valence-corrected chi connectivity index (χ2v) is 8.58. The number of aryl methyl sites for hydroxylation is 2. The molecule has 0 fully saturated rings. The van der Waals surface area contributed by atoms with Crippen LogP contribution in [0.4, 0.5) is 5.69 Å². The maximum Gasteiger partial charge on any atom is 0.251 e. The number of nitrogens with one attached hydrogen (secondary N) is 1. The first-order valence-corrected chi connectivity index (χ1v) is 10.4. The van der Waals surface area contributed by atoms with E-state index in [2.05, 4.69) is 5.32 Å². The Labute approximate surface area is 161 Å². The fourth-order valence-electron chi connectivity index (χ4n) is 2.47. The minimum Gasteiger partial charge on any atom is -0.491 e. The van der Waals surface area contributed by atoms with Gasteiger partial charge in [-0.15, -0.1) is 0 Å². The van der Waals surface area contributed by atoms with Crippen LogP contribution in [0, 0.1) is 13.8 Å². The highest BCUT2D eigenvalue weighted by atomic mass is 32.2. The highest BCUT2D eigenvalue weighted by Crippen LogP contribution is 2.19. The van der Waals surface area contributed by atoms with Gasteiger partial charge in [0.1, 0.15) is 12.4 Å². The molecule has 0 spiro atoms. The van der Waals surface area contributed by atoms with Crippen LogP contribution < -0.4 is 14.4 Å². The summed E-state index contributed by atoms with van der Waals surface area (Å²) in [6.07, 6.45) is 0. The lowest BCUT2D eigenvalue weighted by Crippen LogP contribution is -2.29. The fraction of sp³-hybridized carbons (Fsp3) is 0.350. The van der Waals surface area contributed by atoms with E-state index in [1.165, 1.54) is 11.4 Å². The number of carbonyl (C=O) groups is 1. The van der Waals surface area contributed by atoms with Gasteiger partial charge < -0.3 is 10.1 Å². The maximum atomic E-state index is 12.2. The van der Waals surface area contributed by atoms with Crippen molar-refractivity contribution < 1.29 is 17.9 Å². The van der Waals surface area contributed by atoms with E-state index in [-0.39, 0.29) is 11.7 Å². The minimum absolute atomic E-state index is 0.0200. The number of ether oxygens (including phenoxy) is 1. The van der Waals surface area contributed by atoms with Crippen molar-refractivity contribution in [2.75, 3.05) is 30.3 Å². The van der Waals surface area contributed by atoms with Crippen LogP contribution >= 0.6 is 0 Å². The lowest BCUT2D eigenvalue weighted by Gasteiger charge is -2.18. The number of rotatable bonds is 8. The van der Waals surface area contributed by atoms with E-state index in [0.29, 0.717) is 24.4 Å². The molecule has 0 radical (unpaired) electrons. The molecule has 2 aromatic rings. The van der Waals surface area contributed by atoms with Crippen LogP contribution in [0.1, 0.15) is 28.4 Å². The van der Waals surface area contributed by atoms with Gasteiger partial charge in [-0.3, -0.25) is 9.10 Å². The van der Waals surface area contributed by atoms with Crippen LogP contribution in [0.3, 0.4) is 0 Å². The molecule has 1 N–H and O–H groups in total. The van der Waals surface area contributed by atoms with E-state index in [9.17, 15) is 13.2 Å². The van der Waals surface area contributed by atoms with Gasteiger partial charge in [0, 0.05) is 12.6 Å². The Kier molecular flexibility index (Phi) is 6.85. The molecule has 7 heteroatoms. The summed E-state index contributed by atoms with van der Waals surface area (Å²) in [6.45, 7) is 6.31. The molecule has 2 rings (SSSR count). The van der Waals surface area contributed by atoms with Crippen molar-refractivity contribution in [2.24, 2.45) is 0 Å². The zero-order chi connectivity index (χ0) is 20.0. The van der Waals surface area contributed by atoms with Gasteiger partial charge in [-0.25, -0.2) is 8.42 Å². The summed E-state index contributed by atoms with van der Waals surface area (Å²) >= 11 is 0. The molecule has 0 atom stereocenters. The first kappa shape index (κ1) is 20.8. The molecule has 0 aliphatic heterocycles. The van der Waals surface area contributed by atoms with Crippen molar-refractivity contribution in [3.63, 3.8) is 0 Å². The van der Waals surface area contributed by atoms with Crippen molar-refractivity contribution in [1.29, 1.82) is 0 Å². The Hall–Kier alpha value is -2.54. The fourth-order valence-corrected chi connectivity index (χ4v) is 3.30. The maximum absolute atomic E-state index is 12.2. The second kappa shape index (κ2) is 8.90. The predicted octanol–water partition coefficient (Wildman–Crippen LogP) is 2.90. The molecule has 6 nitrogen and oxygen atoms in total. The topological polar surface area (TPSA) is 75.7 Å². The Morgan fingerprint density at radius 2 is 1.78 bits per heavy atom. The van der Waals surface area contributed by atoms with Gasteiger partial charge in [0.2, 0.25) is 10.0 Å². The molecular formula is C20H26N2O4S. The number of hydrogen-bond donors (Lipinski definition) is 1. The smallest absolute Gasteiger partial charge is 0.251 e. The first-order valence-electron chi connectivity index (χ1n) is 8.79. The number of amides is 1. The lowest BCUT2D eigenvalue weighted by molar-refractivity contribution is 0.0947. The average molecular weight is 391 g/mol. The van der Waals surface area contributed by atoms with E-state index in [1.807, 2.05) is 32.0 Å². The number of sulfonamides is 1. The van der Waals surface area contributed by atoms with Crippen LogP contribution in [0.2, 0.25) is 0 Å². The summed E-state index contributed by atoms with van der Waals surface area (Å²) in [5, 5.41) is 2.80. The molecule has 0 aliphatic carbocycles. The first-order chi connectivity index (χ1) is 12.7. The van der Waals surface area contributed by atoms with Gasteiger partial charge in [0.25, 0.3) is 5.91 Å². The van der Waals surface area contributed by atoms with Gasteiger partial charge in [0.15, 0.2) is 0 Å². The summed E-state index contributed by atoms with van der Waals surface area (Å²) in [5.74, 6) is 0.604. The third-order valence-corrected chi connectivity index (χ3v) is 6.04. The molecule has 0 heterocycles. The number of carbonyl (C=O) groups excluding carboxylic acids is 1. The van der Waals surface area contributed by atoms with Crippen molar-refractivity contribution in [3.05, 3.63) is 59.2 Å². The molecule has 0 bridgehead atoms. The minimum atomic E-state index is -3.32. The number of nitrogens with zero attached hydrogens (tertiary/aromatic N) is 1. The van der Waals surface area contributed by atoms with Crippen LogP contribution in [0.25, 0.3) is 0 Å². The second-order valence-electron chi connectivity index (χ2n) is 6.29. The zero-order valence-electron chi connectivity index (χ0n) is 16.2. The molecule has 0 aliphatic rings. The van der Waals surface area contributed by atoms with Gasteiger partial charge in [0.05, 0.1) is 18.0 Å². The lowest BCUT2D eigenvalue weighted by atomic mass is 10.1. The highest BCUT2D eigenvalue weighted by Gasteiger charge is 2.16. The molecule has 0 saturated heterocycles. The molecule has 2 aromatic carbocycles. The Morgan fingerprint density at radius 1 is 1.11 bits per heavy atom. The normalized spacial score (nSPS) is 11.1. The third kappa shape index (κ3) is 5.47. The summed E-state index contributed by atoms with van der Waals surface area (Å²) in [5.41, 5.74) is 3.16. The quantitative estimate of drug-likeness (QED) is 0.703. The van der Waals surface area contributed by atoms with E-state index in [0.717, 1.165) is 16.9 Å². The summed E-state index contributed by atoms with van der Waals surface area (Å²) in [6, 6.07) is 12.5. The monoisotopic (exact) mass is 390 g/mol. The summed E-state index contributed by atoms with van der Waals surface area (Å²) in [4.78, 5) is 12.2. The number of benzene rings is 2. The SMILES string of the molecule is CCS(=O)(=O)N(C)c1ccc(C(=O)NCCOc2cc(C)ccc2C)cc1. The van der Waals surface area contributed by atoms with Gasteiger partial charge >= 0.3 is 0 Å². The Bertz CT molecular complexity index is 893. The van der Waals surface area contributed by atoms with E-state index in [4.69, 9.17) is 4.74 Å². The van der Waals surface area contributed by atoms with E-state index >= 15 is 0 Å². The standard InChI is InChI=1S/C20H26N2O4S/c1-5-27(24,25)22(4)18-10-8-17(9-11-18)20(23)21-12-13-26-19-14-15(2)6-7-16(19)3/h6-11,14H,5,12-13H2,1-4H3,(H,21,23). The Balaban J connectivity index is 1.88. The van der Waals surface area contributed by atoms with Crippen molar-refractivity contribution >= 4 is 21.6 Å². The molecule has 0 saturated carbocycles. The highest BCUT2D eigenvalue weighted by molar-refractivity contribution is 7.92. The number of anilines is 1. The molecule has 146 valence electrons. The summed E-state index contributed by atoms with van der Waals surface area (Å²) in [7, 11) is -1.82. The molecule has 1 amide bonds. The Morgan fingerprint density at radius 3 is 2.41 bits per heavy atom. The molecule has 0 unspecified atom stereocenters. The van der Waals surface area contributed by atoms with Crippen LogP contribution in [-0.4, -0.2) is 40.3 Å². The zero-order valence-corrected chi connectivity index (χ0v) is 17.0. The van der Waals surface area contributed by atoms with Crippen molar-refractivity contribution in [1.82, 2.24) is 5.32 Å². The van der Waals surface area contributed by atoms with Gasteiger partial charge in [-0.2, -0.15) is 0 Å². The molecule has 0 aromatic heterocycles. The third-order valence-electron chi connectivity index (χ3n) is 4.26. The molecular weight excluding hydrogens is 364 g/mol. The predicted molar refractivity (Wildman–Crippen MR) is 108 cm³/mol. The largest absolute Gasteiger partial charge is 0.491 e. The van der Waals surface area contributed by atoms with Gasteiger partial charge in [-0.05, 0) is 62.2 Å². The van der Waals surface area contributed by atoms with Crippen molar-refractivity contribution in [3.8, 4) is 5.75 Å². The van der Waals surface area contributed by atoms with Crippen LogP contribution in [0.15, 0.2) is 42.5 Å². The van der Waals surface area contributed by atoms with Crippen LogP contribution in [-0.2, 0) is 10.0 Å². The average Bonchev–Trinajstić information content (AvgIpc) is 2.67. The van der Waals surface area contributed by atoms with Gasteiger partial charge in [-0.1, -0.05) is 12.1 Å². The van der Waals surface area contributed by atoms with Crippen molar-refractivity contribution in [2.45, 2.75) is 20.8 Å². The van der Waals surface area contributed by atoms with Crippen LogP contribution in [0.5, 0.6) is 5.75 Å². The van der Waals surface area contributed by atoms with E-state index < -0.39 is 10.0 Å². The molecule has 27 heavy (non-hydrogen) atoms.